The van der Waals surface area contributed by atoms with Crippen LogP contribution in [0.1, 0.15) is 46.0 Å². The Kier molecular flexibility index (Phi) is 5.54. The second kappa shape index (κ2) is 5.87. The molecular formula is C10H19BrMg. The van der Waals surface area contributed by atoms with Crippen LogP contribution < -0.4 is 0 Å². The number of hydrogen-bond acceptors (Lipinski definition) is 0. The van der Waals surface area contributed by atoms with Crippen LogP contribution in [0, 0.1) is 11.8 Å². The third kappa shape index (κ3) is 2.88. The lowest BCUT2D eigenvalue weighted by atomic mass is 9.79. The fourth-order valence-electron chi connectivity index (χ4n) is 2.48. The largest absolute Gasteiger partial charge is 0.472 e. The highest BCUT2D eigenvalue weighted by atomic mass is 79.9. The van der Waals surface area contributed by atoms with Crippen molar-refractivity contribution in [2.24, 2.45) is 11.8 Å². The van der Waals surface area contributed by atoms with Crippen molar-refractivity contribution in [3.63, 3.8) is 0 Å². The lowest BCUT2D eigenvalue weighted by Gasteiger charge is -2.35. The maximum absolute atomic E-state index is 3.79. The van der Waals surface area contributed by atoms with E-state index in [0.29, 0.717) is 0 Å². The summed E-state index contributed by atoms with van der Waals surface area (Å²) in [6, 6.07) is 0. The molecule has 1 aliphatic carbocycles. The summed E-state index contributed by atoms with van der Waals surface area (Å²) in [5.41, 5.74) is 0. The molecule has 0 aromatic rings. The van der Waals surface area contributed by atoms with Crippen LogP contribution in [0.15, 0.2) is 0 Å². The summed E-state index contributed by atoms with van der Waals surface area (Å²) in [6.07, 6.45) is 7.40. The molecule has 3 atom stereocenters. The van der Waals surface area contributed by atoms with Crippen LogP contribution in [0.2, 0.25) is 4.05 Å². The van der Waals surface area contributed by atoms with Gasteiger partial charge < -0.3 is 12.9 Å². The van der Waals surface area contributed by atoms with Crippen LogP contribution >= 0.6 is 12.9 Å². The van der Waals surface area contributed by atoms with E-state index >= 15 is 0 Å². The molecule has 0 aliphatic heterocycles. The molecule has 0 aromatic carbocycles. The molecule has 2 heteroatoms. The van der Waals surface area contributed by atoms with E-state index in [2.05, 4.69) is 26.7 Å². The molecule has 0 N–H and O–H groups in total. The fraction of sp³-hybridized carbons (Fsp3) is 1.00. The minimum Gasteiger partial charge on any atom is -0.306 e. The Balaban J connectivity index is 2.46. The zero-order valence-electron chi connectivity index (χ0n) is 8.35. The van der Waals surface area contributed by atoms with Gasteiger partial charge in [0.25, 0.3) is 0 Å². The topological polar surface area (TPSA) is 0 Å². The SMILES string of the molecule is CCC(C)C1CCCC[CH]1[Mg][Br]. The molecule has 68 valence electrons. The van der Waals surface area contributed by atoms with Gasteiger partial charge in [-0.05, 0) is 5.92 Å². The Bertz CT molecular complexity index is 127. The second-order valence-corrected chi connectivity index (χ2v) is 7.55. The van der Waals surface area contributed by atoms with Crippen LogP contribution in [0.25, 0.3) is 0 Å². The first-order chi connectivity index (χ1) is 5.79. The van der Waals surface area contributed by atoms with E-state index in [-0.39, 0.29) is 18.2 Å². The predicted octanol–water partition coefficient (Wildman–Crippen LogP) is 4.03. The molecule has 0 amide bonds. The van der Waals surface area contributed by atoms with E-state index in [4.69, 9.17) is 0 Å². The molecular weight excluding hydrogens is 224 g/mol. The summed E-state index contributed by atoms with van der Waals surface area (Å²) in [6.45, 7) is 4.78. The third-order valence-electron chi connectivity index (χ3n) is 3.54. The van der Waals surface area contributed by atoms with Gasteiger partial charge in [-0.15, -0.1) is 4.05 Å². The smallest absolute Gasteiger partial charge is 0.306 e. The summed E-state index contributed by atoms with van der Waals surface area (Å²) in [4.78, 5) is 0. The predicted molar refractivity (Wildman–Crippen MR) is 59.8 cm³/mol. The van der Waals surface area contributed by atoms with E-state index in [9.17, 15) is 0 Å². The van der Waals surface area contributed by atoms with Crippen molar-refractivity contribution < 1.29 is 0 Å². The molecule has 1 aliphatic rings. The first-order valence-electron chi connectivity index (χ1n) is 5.35. The van der Waals surface area contributed by atoms with Crippen molar-refractivity contribution in [3.8, 4) is 0 Å². The summed E-state index contributed by atoms with van der Waals surface area (Å²) in [7, 11) is 0. The van der Waals surface area contributed by atoms with Gasteiger partial charge in [-0.2, -0.15) is 0 Å². The van der Waals surface area contributed by atoms with Crippen molar-refractivity contribution in [1.29, 1.82) is 0 Å². The van der Waals surface area contributed by atoms with E-state index in [0.717, 1.165) is 15.9 Å². The van der Waals surface area contributed by atoms with Crippen LogP contribution in [-0.2, 0) is 0 Å². The molecule has 0 nitrogen and oxygen atoms in total. The van der Waals surface area contributed by atoms with Crippen molar-refractivity contribution in [2.75, 3.05) is 0 Å². The van der Waals surface area contributed by atoms with Crippen LogP contribution in [-0.4, -0.2) is 18.2 Å². The zero-order chi connectivity index (χ0) is 8.97. The lowest BCUT2D eigenvalue weighted by molar-refractivity contribution is 0.259. The van der Waals surface area contributed by atoms with Crippen molar-refractivity contribution in [3.05, 3.63) is 0 Å². The summed E-state index contributed by atoms with van der Waals surface area (Å²) < 4.78 is 1.11. The maximum Gasteiger partial charge on any atom is 0.472 e. The van der Waals surface area contributed by atoms with Gasteiger partial charge in [0.2, 0.25) is 0 Å². The highest BCUT2D eigenvalue weighted by Gasteiger charge is 2.28. The molecule has 0 heterocycles. The molecule has 1 saturated carbocycles. The number of hydrogen-bond donors (Lipinski definition) is 0. The first kappa shape index (κ1) is 11.3. The monoisotopic (exact) mass is 242 g/mol. The van der Waals surface area contributed by atoms with Crippen LogP contribution in [0.5, 0.6) is 0 Å². The summed E-state index contributed by atoms with van der Waals surface area (Å²) in [5, 5.41) is 0. The van der Waals surface area contributed by atoms with Gasteiger partial charge in [-0.1, -0.05) is 51.9 Å². The van der Waals surface area contributed by atoms with Crippen molar-refractivity contribution >= 4 is 31.1 Å². The Hall–Kier alpha value is 1.25. The minimum atomic E-state index is 0.0812. The average molecular weight is 243 g/mol. The van der Waals surface area contributed by atoms with Crippen LogP contribution in [0.3, 0.4) is 0 Å². The van der Waals surface area contributed by atoms with Crippen molar-refractivity contribution in [2.45, 2.75) is 50.0 Å². The summed E-state index contributed by atoms with van der Waals surface area (Å²) in [5.74, 6) is 2.04. The molecule has 1 rings (SSSR count). The van der Waals surface area contributed by atoms with E-state index in [1.165, 1.54) is 32.1 Å². The highest BCUT2D eigenvalue weighted by Crippen LogP contribution is 2.40. The van der Waals surface area contributed by atoms with Gasteiger partial charge in [0.05, 0.1) is 0 Å². The molecule has 0 radical (unpaired) electrons. The zero-order valence-corrected chi connectivity index (χ0v) is 11.4. The fourth-order valence-corrected chi connectivity index (χ4v) is 6.26. The molecule has 0 saturated heterocycles. The summed E-state index contributed by atoms with van der Waals surface area (Å²) >= 11 is 3.87. The second-order valence-electron chi connectivity index (χ2n) is 4.25. The van der Waals surface area contributed by atoms with E-state index in [1.807, 2.05) is 0 Å². The Morgan fingerprint density at radius 2 is 2.08 bits per heavy atom. The number of halogens is 1. The Morgan fingerprint density at radius 1 is 1.42 bits per heavy atom. The Morgan fingerprint density at radius 3 is 2.67 bits per heavy atom. The van der Waals surface area contributed by atoms with Crippen LogP contribution in [0.4, 0.5) is 0 Å². The molecule has 3 unspecified atom stereocenters. The van der Waals surface area contributed by atoms with Gasteiger partial charge in [-0.25, -0.2) is 0 Å². The van der Waals surface area contributed by atoms with Gasteiger partial charge in [0.1, 0.15) is 0 Å². The standard InChI is InChI=1S/C10H19.BrH.Mg/c1-3-9(2)10-7-5-4-6-8-10;;/h7,9-10H,3-6,8H2,1-2H3;1H;/q;;+1/p-1. The lowest BCUT2D eigenvalue weighted by Crippen LogP contribution is -2.23. The Labute approximate surface area is 92.5 Å². The quantitative estimate of drug-likeness (QED) is 0.657. The normalized spacial score (nSPS) is 32.6. The third-order valence-corrected chi connectivity index (χ3v) is 7.45. The van der Waals surface area contributed by atoms with Crippen molar-refractivity contribution in [1.82, 2.24) is 0 Å². The van der Waals surface area contributed by atoms with Gasteiger partial charge in [0, 0.05) is 0 Å². The highest BCUT2D eigenvalue weighted by molar-refractivity contribution is 9.23. The molecule has 0 bridgehead atoms. The van der Waals surface area contributed by atoms with E-state index in [1.54, 1.807) is 0 Å². The maximum atomic E-state index is 3.79. The van der Waals surface area contributed by atoms with Gasteiger partial charge in [-0.3, -0.25) is 0 Å². The van der Waals surface area contributed by atoms with Gasteiger partial charge in [0.15, 0.2) is 0 Å². The number of rotatable bonds is 3. The van der Waals surface area contributed by atoms with Gasteiger partial charge >= 0.3 is 18.2 Å². The first-order valence-corrected chi connectivity index (χ1v) is 10.1. The average Bonchev–Trinajstić information content (AvgIpc) is 2.16. The molecule has 0 spiro atoms. The molecule has 1 fully saturated rings. The molecule has 12 heavy (non-hydrogen) atoms. The minimum absolute atomic E-state index is 0.0812. The van der Waals surface area contributed by atoms with E-state index < -0.39 is 0 Å². The molecule has 0 aromatic heterocycles.